The predicted octanol–water partition coefficient (Wildman–Crippen LogP) is 2.03. The van der Waals surface area contributed by atoms with Crippen LogP contribution in [-0.4, -0.2) is 41.5 Å². The number of rotatable bonds is 3. The average molecular weight is 351 g/mol. The summed E-state index contributed by atoms with van der Waals surface area (Å²) in [5.41, 5.74) is 0.564. The maximum atomic E-state index is 13.1. The molecule has 2 fully saturated rings. The zero-order valence-corrected chi connectivity index (χ0v) is 14.5. The van der Waals surface area contributed by atoms with Gasteiger partial charge in [0.25, 0.3) is 0 Å². The van der Waals surface area contributed by atoms with Crippen LogP contribution in [0, 0.1) is 5.92 Å². The smallest absolute Gasteiger partial charge is 0.308 e. The lowest BCUT2D eigenvalue weighted by Gasteiger charge is -2.22. The summed E-state index contributed by atoms with van der Waals surface area (Å²) < 4.78 is 33.5. The fourth-order valence-corrected chi connectivity index (χ4v) is 6.41. The van der Waals surface area contributed by atoms with Gasteiger partial charge >= 0.3 is 5.97 Å². The van der Waals surface area contributed by atoms with Crippen molar-refractivity contribution in [3.05, 3.63) is 23.8 Å². The Labute approximate surface area is 141 Å². The summed E-state index contributed by atoms with van der Waals surface area (Å²) in [7, 11) is -3.69. The monoisotopic (exact) mass is 351 g/mol. The number of carboxylic acids is 1. The fraction of sp³-hybridized carbons (Fsp3) is 0.588. The van der Waals surface area contributed by atoms with Crippen molar-refractivity contribution >= 4 is 16.0 Å². The number of ether oxygens (including phenoxy) is 1. The van der Waals surface area contributed by atoms with Gasteiger partial charge in [-0.1, -0.05) is 0 Å². The minimum Gasteiger partial charge on any atom is -0.487 e. The third kappa shape index (κ3) is 2.25. The first-order valence-electron chi connectivity index (χ1n) is 8.27. The minimum atomic E-state index is -3.69. The SMILES string of the molecule is CC1(C)Cc2cc(S(=O)(=O)N3C4CCC3C(C(=O)O)C4)ccc2O1. The van der Waals surface area contributed by atoms with Crippen LogP contribution in [0.3, 0.4) is 0 Å². The van der Waals surface area contributed by atoms with Crippen LogP contribution in [0.1, 0.15) is 38.7 Å². The van der Waals surface area contributed by atoms with Crippen LogP contribution < -0.4 is 4.74 Å². The largest absolute Gasteiger partial charge is 0.487 e. The number of hydrogen-bond acceptors (Lipinski definition) is 4. The first-order chi connectivity index (χ1) is 11.2. The first kappa shape index (κ1) is 15.9. The summed E-state index contributed by atoms with van der Waals surface area (Å²) in [4.78, 5) is 11.6. The number of benzene rings is 1. The second-order valence-corrected chi connectivity index (χ2v) is 9.47. The summed E-state index contributed by atoms with van der Waals surface area (Å²) in [6.45, 7) is 3.94. The van der Waals surface area contributed by atoms with Gasteiger partial charge in [-0.05, 0) is 56.9 Å². The number of carboxylic acid groups (broad SMARTS) is 1. The van der Waals surface area contributed by atoms with Gasteiger partial charge in [0.1, 0.15) is 11.4 Å². The van der Waals surface area contributed by atoms with Crippen LogP contribution in [0.15, 0.2) is 23.1 Å². The molecule has 3 aliphatic rings. The lowest BCUT2D eigenvalue weighted by molar-refractivity contribution is -0.142. The van der Waals surface area contributed by atoms with Gasteiger partial charge in [-0.25, -0.2) is 8.42 Å². The van der Waals surface area contributed by atoms with E-state index in [2.05, 4.69) is 0 Å². The van der Waals surface area contributed by atoms with Crippen LogP contribution in [0.25, 0.3) is 0 Å². The van der Waals surface area contributed by atoms with Crippen LogP contribution in [0.2, 0.25) is 0 Å². The van der Waals surface area contributed by atoms with E-state index < -0.39 is 28.0 Å². The van der Waals surface area contributed by atoms with Gasteiger partial charge in [0.15, 0.2) is 0 Å². The average Bonchev–Trinajstić information content (AvgIpc) is 3.14. The number of carbonyl (C=O) groups is 1. The molecule has 0 aromatic heterocycles. The van der Waals surface area contributed by atoms with E-state index in [0.717, 1.165) is 17.7 Å². The maximum Gasteiger partial charge on any atom is 0.308 e. The molecule has 6 nitrogen and oxygen atoms in total. The molecule has 130 valence electrons. The van der Waals surface area contributed by atoms with E-state index in [-0.39, 0.29) is 16.5 Å². The van der Waals surface area contributed by atoms with Crippen molar-refractivity contribution in [1.29, 1.82) is 0 Å². The molecule has 3 heterocycles. The summed E-state index contributed by atoms with van der Waals surface area (Å²) in [6.07, 6.45) is 2.45. The maximum absolute atomic E-state index is 13.1. The molecule has 1 N–H and O–H groups in total. The second kappa shape index (κ2) is 4.95. The number of sulfonamides is 1. The standard InChI is InChI=1S/C17H21NO5S/c1-17(2)9-10-7-12(4-6-15(10)23-17)24(21,22)18-11-3-5-14(18)13(8-11)16(19)20/h4,6-7,11,13-14H,3,5,8-9H2,1-2H3,(H,19,20). The number of hydrogen-bond donors (Lipinski definition) is 1. The molecule has 3 atom stereocenters. The summed E-state index contributed by atoms with van der Waals surface area (Å²) >= 11 is 0. The van der Waals surface area contributed by atoms with Crippen LogP contribution in [0.4, 0.5) is 0 Å². The Bertz CT molecular complexity index is 816. The lowest BCUT2D eigenvalue weighted by Crippen LogP contribution is -2.37. The highest BCUT2D eigenvalue weighted by atomic mass is 32.2. The van der Waals surface area contributed by atoms with E-state index >= 15 is 0 Å². The molecule has 0 saturated carbocycles. The van der Waals surface area contributed by atoms with Crippen molar-refractivity contribution in [2.24, 2.45) is 5.92 Å². The summed E-state index contributed by atoms with van der Waals surface area (Å²) in [5.74, 6) is -0.756. The van der Waals surface area contributed by atoms with Crippen molar-refractivity contribution in [2.45, 2.75) is 62.1 Å². The predicted molar refractivity (Wildman–Crippen MR) is 86.4 cm³/mol. The summed E-state index contributed by atoms with van der Waals surface area (Å²) in [5, 5.41) is 9.34. The van der Waals surface area contributed by atoms with E-state index in [1.807, 2.05) is 13.8 Å². The highest BCUT2D eigenvalue weighted by molar-refractivity contribution is 7.89. The molecule has 2 saturated heterocycles. The van der Waals surface area contributed by atoms with Gasteiger partial charge in [0.2, 0.25) is 10.0 Å². The van der Waals surface area contributed by atoms with Crippen LogP contribution in [0.5, 0.6) is 5.75 Å². The van der Waals surface area contributed by atoms with Crippen molar-refractivity contribution in [2.75, 3.05) is 0 Å². The zero-order valence-electron chi connectivity index (χ0n) is 13.7. The van der Waals surface area contributed by atoms with Gasteiger partial charge < -0.3 is 9.84 Å². The Morgan fingerprint density at radius 3 is 2.75 bits per heavy atom. The molecule has 3 unspecified atom stereocenters. The molecule has 7 heteroatoms. The number of nitrogens with zero attached hydrogens (tertiary/aromatic N) is 1. The van der Waals surface area contributed by atoms with E-state index in [1.165, 1.54) is 4.31 Å². The van der Waals surface area contributed by atoms with Gasteiger partial charge in [0, 0.05) is 18.5 Å². The van der Waals surface area contributed by atoms with E-state index in [4.69, 9.17) is 4.74 Å². The van der Waals surface area contributed by atoms with E-state index in [0.29, 0.717) is 19.3 Å². The molecule has 4 rings (SSSR count). The number of aliphatic carboxylic acids is 1. The molecule has 0 aliphatic carbocycles. The lowest BCUT2D eigenvalue weighted by atomic mass is 9.89. The molecule has 0 spiro atoms. The highest BCUT2D eigenvalue weighted by Crippen LogP contribution is 2.46. The molecule has 0 amide bonds. The topological polar surface area (TPSA) is 83.9 Å². The van der Waals surface area contributed by atoms with Crippen molar-refractivity contribution in [3.8, 4) is 5.75 Å². The van der Waals surface area contributed by atoms with Crippen molar-refractivity contribution < 1.29 is 23.1 Å². The third-order valence-corrected chi connectivity index (χ3v) is 7.37. The van der Waals surface area contributed by atoms with Crippen molar-refractivity contribution in [3.63, 3.8) is 0 Å². The molecule has 24 heavy (non-hydrogen) atoms. The third-order valence-electron chi connectivity index (χ3n) is 5.40. The van der Waals surface area contributed by atoms with Crippen LogP contribution in [-0.2, 0) is 21.2 Å². The Morgan fingerprint density at radius 2 is 2.08 bits per heavy atom. The number of fused-ring (bicyclic) bond motifs is 3. The Morgan fingerprint density at radius 1 is 1.33 bits per heavy atom. The van der Waals surface area contributed by atoms with Crippen molar-refractivity contribution in [1.82, 2.24) is 4.31 Å². The fourth-order valence-electron chi connectivity index (χ4n) is 4.45. The van der Waals surface area contributed by atoms with Gasteiger partial charge in [-0.3, -0.25) is 4.79 Å². The van der Waals surface area contributed by atoms with Gasteiger partial charge in [-0.2, -0.15) is 4.31 Å². The quantitative estimate of drug-likeness (QED) is 0.901. The van der Waals surface area contributed by atoms with E-state index in [1.54, 1.807) is 18.2 Å². The van der Waals surface area contributed by atoms with E-state index in [9.17, 15) is 18.3 Å². The first-order valence-corrected chi connectivity index (χ1v) is 9.71. The Balaban J connectivity index is 1.69. The normalized spacial score (nSPS) is 31.0. The Hall–Kier alpha value is -1.60. The highest BCUT2D eigenvalue weighted by Gasteiger charge is 2.54. The van der Waals surface area contributed by atoms with Gasteiger partial charge in [-0.15, -0.1) is 0 Å². The Kier molecular flexibility index (Phi) is 3.28. The summed E-state index contributed by atoms with van der Waals surface area (Å²) in [6, 6.07) is 4.36. The zero-order chi connectivity index (χ0) is 17.3. The second-order valence-electron chi connectivity index (χ2n) is 7.62. The molecule has 0 radical (unpaired) electrons. The minimum absolute atomic E-state index is 0.193. The molecular formula is C17H21NO5S. The molecular weight excluding hydrogens is 330 g/mol. The van der Waals surface area contributed by atoms with Crippen LogP contribution >= 0.6 is 0 Å². The van der Waals surface area contributed by atoms with Gasteiger partial charge in [0.05, 0.1) is 10.8 Å². The molecule has 2 bridgehead atoms. The molecule has 1 aromatic carbocycles. The molecule has 3 aliphatic heterocycles. The molecule has 1 aromatic rings.